The van der Waals surface area contributed by atoms with Crippen molar-refractivity contribution in [2.24, 2.45) is 0 Å². The number of carbonyl (C=O) groups excluding carboxylic acids is 1. The van der Waals surface area contributed by atoms with Gasteiger partial charge in [0.2, 0.25) is 0 Å². The van der Waals surface area contributed by atoms with Gasteiger partial charge in [-0.25, -0.2) is 4.98 Å². The summed E-state index contributed by atoms with van der Waals surface area (Å²) in [6, 6.07) is 9.82. The molecule has 3 aromatic rings. The summed E-state index contributed by atoms with van der Waals surface area (Å²) in [7, 11) is 0. The van der Waals surface area contributed by atoms with Crippen molar-refractivity contribution in [2.75, 3.05) is 5.32 Å². The Morgan fingerprint density at radius 3 is 2.78 bits per heavy atom. The molecule has 7 nitrogen and oxygen atoms in total. The van der Waals surface area contributed by atoms with Crippen LogP contribution < -0.4 is 5.32 Å². The van der Waals surface area contributed by atoms with Crippen LogP contribution in [0.2, 0.25) is 0 Å². The molecule has 116 valence electrons. The number of nitrogens with one attached hydrogen (secondary N) is 1. The summed E-state index contributed by atoms with van der Waals surface area (Å²) in [6.45, 7) is 3.53. The standard InChI is InChI=1S/C16H14N4O3/c1-10-6-7-12(20(22)23)9-13(10)18-16(21)15-11(2)17-14-5-3-4-8-19(14)15/h3-9H,1-2H3,(H,18,21). The zero-order valence-corrected chi connectivity index (χ0v) is 12.6. The average Bonchev–Trinajstić information content (AvgIpc) is 2.85. The highest BCUT2D eigenvalue weighted by Gasteiger charge is 2.18. The number of aryl methyl sites for hydroxylation is 2. The average molecular weight is 310 g/mol. The highest BCUT2D eigenvalue weighted by atomic mass is 16.6. The van der Waals surface area contributed by atoms with E-state index in [1.54, 1.807) is 30.5 Å². The Balaban J connectivity index is 2.00. The molecule has 0 saturated carbocycles. The van der Waals surface area contributed by atoms with E-state index in [1.165, 1.54) is 12.1 Å². The third-order valence-corrected chi connectivity index (χ3v) is 3.60. The Hall–Kier alpha value is -3.22. The molecule has 0 fully saturated rings. The van der Waals surface area contributed by atoms with Gasteiger partial charge in [-0.05, 0) is 31.5 Å². The van der Waals surface area contributed by atoms with Gasteiger partial charge in [-0.15, -0.1) is 0 Å². The third-order valence-electron chi connectivity index (χ3n) is 3.60. The Morgan fingerprint density at radius 1 is 1.26 bits per heavy atom. The van der Waals surface area contributed by atoms with Crippen molar-refractivity contribution in [1.82, 2.24) is 9.38 Å². The Labute approximate surface area is 131 Å². The molecular formula is C16H14N4O3. The molecule has 0 spiro atoms. The van der Waals surface area contributed by atoms with Crippen molar-refractivity contribution in [3.05, 3.63) is 69.7 Å². The molecular weight excluding hydrogens is 296 g/mol. The van der Waals surface area contributed by atoms with E-state index in [0.29, 0.717) is 22.7 Å². The van der Waals surface area contributed by atoms with Crippen LogP contribution in [0.5, 0.6) is 0 Å². The zero-order valence-electron chi connectivity index (χ0n) is 12.6. The van der Waals surface area contributed by atoms with Crippen LogP contribution in [0.25, 0.3) is 5.65 Å². The van der Waals surface area contributed by atoms with E-state index in [4.69, 9.17) is 0 Å². The molecule has 0 radical (unpaired) electrons. The van der Waals surface area contributed by atoms with E-state index in [0.717, 1.165) is 5.56 Å². The van der Waals surface area contributed by atoms with Crippen molar-refractivity contribution in [2.45, 2.75) is 13.8 Å². The van der Waals surface area contributed by atoms with E-state index < -0.39 is 4.92 Å². The molecule has 0 bridgehead atoms. The minimum Gasteiger partial charge on any atom is -0.320 e. The Kier molecular flexibility index (Phi) is 3.53. The number of hydrogen-bond donors (Lipinski definition) is 1. The van der Waals surface area contributed by atoms with E-state index in [9.17, 15) is 14.9 Å². The molecule has 3 rings (SSSR count). The van der Waals surface area contributed by atoms with Crippen molar-refractivity contribution < 1.29 is 9.72 Å². The number of nitro groups is 1. The lowest BCUT2D eigenvalue weighted by Gasteiger charge is -2.08. The number of amides is 1. The summed E-state index contributed by atoms with van der Waals surface area (Å²) in [5.74, 6) is -0.357. The maximum Gasteiger partial charge on any atom is 0.274 e. The van der Waals surface area contributed by atoms with Gasteiger partial charge in [-0.3, -0.25) is 19.3 Å². The number of rotatable bonds is 3. The topological polar surface area (TPSA) is 89.5 Å². The van der Waals surface area contributed by atoms with Crippen LogP contribution in [0.3, 0.4) is 0 Å². The maximum absolute atomic E-state index is 12.6. The molecule has 0 unspecified atom stereocenters. The fourth-order valence-electron chi connectivity index (χ4n) is 2.43. The second-order valence-electron chi connectivity index (χ2n) is 5.19. The summed E-state index contributed by atoms with van der Waals surface area (Å²) in [5.41, 5.74) is 2.76. The van der Waals surface area contributed by atoms with Crippen LogP contribution in [0, 0.1) is 24.0 Å². The number of non-ortho nitro benzene ring substituents is 1. The van der Waals surface area contributed by atoms with E-state index in [-0.39, 0.29) is 11.6 Å². The summed E-state index contributed by atoms with van der Waals surface area (Å²) >= 11 is 0. The lowest BCUT2D eigenvalue weighted by molar-refractivity contribution is -0.384. The number of carbonyl (C=O) groups is 1. The molecule has 1 N–H and O–H groups in total. The lowest BCUT2D eigenvalue weighted by Crippen LogP contribution is -2.16. The van der Waals surface area contributed by atoms with Crippen LogP contribution in [0.1, 0.15) is 21.7 Å². The zero-order chi connectivity index (χ0) is 16.6. The summed E-state index contributed by atoms with van der Waals surface area (Å²) in [5, 5.41) is 13.6. The summed E-state index contributed by atoms with van der Waals surface area (Å²) < 4.78 is 1.69. The first-order valence-corrected chi connectivity index (χ1v) is 6.97. The molecule has 0 saturated heterocycles. The number of nitrogens with zero attached hydrogens (tertiary/aromatic N) is 3. The molecule has 2 heterocycles. The van der Waals surface area contributed by atoms with Crippen molar-refractivity contribution in [1.29, 1.82) is 0 Å². The number of hydrogen-bond acceptors (Lipinski definition) is 4. The van der Waals surface area contributed by atoms with Crippen LogP contribution in [-0.4, -0.2) is 20.2 Å². The van der Waals surface area contributed by atoms with Gasteiger partial charge < -0.3 is 5.32 Å². The number of anilines is 1. The van der Waals surface area contributed by atoms with Crippen LogP contribution in [-0.2, 0) is 0 Å². The molecule has 2 aromatic heterocycles. The second kappa shape index (κ2) is 5.53. The van der Waals surface area contributed by atoms with Crippen LogP contribution >= 0.6 is 0 Å². The van der Waals surface area contributed by atoms with Crippen LogP contribution in [0.15, 0.2) is 42.6 Å². The number of benzene rings is 1. The highest BCUT2D eigenvalue weighted by Crippen LogP contribution is 2.23. The third kappa shape index (κ3) is 2.64. The number of aromatic nitrogens is 2. The SMILES string of the molecule is Cc1ccc([N+](=O)[O-])cc1NC(=O)c1c(C)nc2ccccn12. The fraction of sp³-hybridized carbons (Fsp3) is 0.125. The molecule has 0 atom stereocenters. The van der Waals surface area contributed by atoms with Gasteiger partial charge in [-0.2, -0.15) is 0 Å². The van der Waals surface area contributed by atoms with Gasteiger partial charge in [0.05, 0.1) is 16.3 Å². The molecule has 1 aromatic carbocycles. The maximum atomic E-state index is 12.6. The molecule has 7 heteroatoms. The van der Waals surface area contributed by atoms with Gasteiger partial charge in [0.15, 0.2) is 0 Å². The number of fused-ring (bicyclic) bond motifs is 1. The minimum atomic E-state index is -0.492. The number of pyridine rings is 1. The van der Waals surface area contributed by atoms with Crippen LogP contribution in [0.4, 0.5) is 11.4 Å². The number of nitro benzene ring substituents is 1. The largest absolute Gasteiger partial charge is 0.320 e. The number of imidazole rings is 1. The van der Waals surface area contributed by atoms with E-state index >= 15 is 0 Å². The van der Waals surface area contributed by atoms with Crippen molar-refractivity contribution >= 4 is 22.9 Å². The van der Waals surface area contributed by atoms with Gasteiger partial charge >= 0.3 is 0 Å². The molecule has 0 aliphatic heterocycles. The smallest absolute Gasteiger partial charge is 0.274 e. The minimum absolute atomic E-state index is 0.0687. The first-order valence-electron chi connectivity index (χ1n) is 6.97. The quantitative estimate of drug-likeness (QED) is 0.594. The highest BCUT2D eigenvalue weighted by molar-refractivity contribution is 6.05. The Morgan fingerprint density at radius 2 is 2.04 bits per heavy atom. The normalized spacial score (nSPS) is 10.7. The molecule has 1 amide bonds. The lowest BCUT2D eigenvalue weighted by atomic mass is 10.1. The Bertz CT molecular complexity index is 930. The van der Waals surface area contributed by atoms with E-state index in [1.807, 2.05) is 18.2 Å². The first-order chi connectivity index (χ1) is 11.0. The predicted molar refractivity (Wildman–Crippen MR) is 85.7 cm³/mol. The summed E-state index contributed by atoms with van der Waals surface area (Å²) in [4.78, 5) is 27.3. The van der Waals surface area contributed by atoms with Gasteiger partial charge in [0.25, 0.3) is 11.6 Å². The van der Waals surface area contributed by atoms with Gasteiger partial charge in [0.1, 0.15) is 11.3 Å². The molecule has 23 heavy (non-hydrogen) atoms. The molecule has 0 aliphatic rings. The van der Waals surface area contributed by atoms with Gasteiger partial charge in [0, 0.05) is 18.3 Å². The fourth-order valence-corrected chi connectivity index (χ4v) is 2.43. The monoisotopic (exact) mass is 310 g/mol. The predicted octanol–water partition coefficient (Wildman–Crippen LogP) is 3.11. The summed E-state index contributed by atoms with van der Waals surface area (Å²) in [6.07, 6.45) is 1.75. The first kappa shape index (κ1) is 14.7. The second-order valence-corrected chi connectivity index (χ2v) is 5.19. The molecule has 0 aliphatic carbocycles. The van der Waals surface area contributed by atoms with Crippen molar-refractivity contribution in [3.63, 3.8) is 0 Å². The van der Waals surface area contributed by atoms with E-state index in [2.05, 4.69) is 10.3 Å². The van der Waals surface area contributed by atoms with Crippen molar-refractivity contribution in [3.8, 4) is 0 Å². The van der Waals surface area contributed by atoms with Gasteiger partial charge in [-0.1, -0.05) is 12.1 Å².